The Kier molecular flexibility index (Phi) is 2.75. The number of aldehydes is 1. The van der Waals surface area contributed by atoms with Crippen LogP contribution in [0.25, 0.3) is 11.1 Å². The van der Waals surface area contributed by atoms with Gasteiger partial charge in [0.1, 0.15) is 17.8 Å². The molecule has 1 aliphatic carbocycles. The average molecular weight is 254 g/mol. The van der Waals surface area contributed by atoms with Gasteiger partial charge in [-0.2, -0.15) is 0 Å². The Labute approximate surface area is 111 Å². The molecule has 3 heteroatoms. The van der Waals surface area contributed by atoms with Gasteiger partial charge < -0.3 is 14.3 Å². The zero-order valence-corrected chi connectivity index (χ0v) is 10.8. The summed E-state index contributed by atoms with van der Waals surface area (Å²) in [5.41, 5.74) is 4.15. The highest BCUT2D eigenvalue weighted by Crippen LogP contribution is 2.46. The first-order chi connectivity index (χ1) is 9.28. The quantitative estimate of drug-likeness (QED) is 0.790. The maximum Gasteiger partial charge on any atom is 0.131 e. The first-order valence-corrected chi connectivity index (χ1v) is 6.10. The van der Waals surface area contributed by atoms with Crippen molar-refractivity contribution in [1.29, 1.82) is 0 Å². The van der Waals surface area contributed by atoms with Gasteiger partial charge in [-0.05, 0) is 46.5 Å². The van der Waals surface area contributed by atoms with E-state index < -0.39 is 0 Å². The minimum absolute atomic E-state index is 0.193. The third-order valence-electron chi connectivity index (χ3n) is 3.62. The van der Waals surface area contributed by atoms with Crippen molar-refractivity contribution in [3.8, 4) is 22.6 Å². The van der Waals surface area contributed by atoms with Gasteiger partial charge in [0.25, 0.3) is 0 Å². The Hall–Kier alpha value is -2.29. The highest BCUT2D eigenvalue weighted by molar-refractivity contribution is 5.88. The molecule has 0 aromatic heterocycles. The largest absolute Gasteiger partial charge is 0.497 e. The lowest BCUT2D eigenvalue weighted by Crippen LogP contribution is -1.97. The Morgan fingerprint density at radius 2 is 1.37 bits per heavy atom. The molecule has 1 aliphatic rings. The smallest absolute Gasteiger partial charge is 0.131 e. The number of ether oxygens (including phenoxy) is 2. The van der Waals surface area contributed by atoms with E-state index in [2.05, 4.69) is 0 Å². The van der Waals surface area contributed by atoms with Crippen molar-refractivity contribution in [2.24, 2.45) is 0 Å². The SMILES string of the molecule is COc1ccc2c(c1)-c1cc(OC)ccc1C2C=O. The van der Waals surface area contributed by atoms with Crippen LogP contribution in [0.1, 0.15) is 17.0 Å². The lowest BCUT2D eigenvalue weighted by molar-refractivity contribution is -0.108. The zero-order chi connectivity index (χ0) is 13.4. The summed E-state index contributed by atoms with van der Waals surface area (Å²) >= 11 is 0. The molecule has 0 N–H and O–H groups in total. The number of fused-ring (bicyclic) bond motifs is 3. The van der Waals surface area contributed by atoms with E-state index in [1.54, 1.807) is 14.2 Å². The van der Waals surface area contributed by atoms with Gasteiger partial charge in [0.2, 0.25) is 0 Å². The molecule has 0 aliphatic heterocycles. The van der Waals surface area contributed by atoms with Crippen molar-refractivity contribution in [3.63, 3.8) is 0 Å². The minimum Gasteiger partial charge on any atom is -0.497 e. The second-order valence-electron chi connectivity index (χ2n) is 4.52. The Bertz CT molecular complexity index is 593. The van der Waals surface area contributed by atoms with Crippen LogP contribution >= 0.6 is 0 Å². The molecule has 0 bridgehead atoms. The van der Waals surface area contributed by atoms with E-state index in [-0.39, 0.29) is 5.92 Å². The number of hydrogen-bond donors (Lipinski definition) is 0. The molecule has 3 rings (SSSR count). The van der Waals surface area contributed by atoms with E-state index in [9.17, 15) is 4.79 Å². The Morgan fingerprint density at radius 3 is 1.74 bits per heavy atom. The lowest BCUT2D eigenvalue weighted by atomic mass is 9.99. The summed E-state index contributed by atoms with van der Waals surface area (Å²) < 4.78 is 10.5. The number of methoxy groups -OCH3 is 2. The second-order valence-corrected chi connectivity index (χ2v) is 4.52. The van der Waals surface area contributed by atoms with Gasteiger partial charge >= 0.3 is 0 Å². The average Bonchev–Trinajstić information content (AvgIpc) is 2.79. The molecule has 19 heavy (non-hydrogen) atoms. The molecule has 0 saturated carbocycles. The fourth-order valence-corrected chi connectivity index (χ4v) is 2.65. The topological polar surface area (TPSA) is 35.5 Å². The molecule has 3 nitrogen and oxygen atoms in total. The van der Waals surface area contributed by atoms with Gasteiger partial charge in [0, 0.05) is 0 Å². The van der Waals surface area contributed by atoms with Crippen molar-refractivity contribution in [2.45, 2.75) is 5.92 Å². The molecule has 0 unspecified atom stereocenters. The molecule has 0 heterocycles. The molecule has 0 amide bonds. The first kappa shape index (κ1) is 11.8. The number of hydrogen-bond acceptors (Lipinski definition) is 3. The van der Waals surface area contributed by atoms with Gasteiger partial charge in [-0.3, -0.25) is 0 Å². The molecule has 96 valence electrons. The van der Waals surface area contributed by atoms with Crippen LogP contribution in [-0.4, -0.2) is 20.5 Å². The molecule has 0 radical (unpaired) electrons. The predicted molar refractivity (Wildman–Crippen MR) is 72.9 cm³/mol. The van der Waals surface area contributed by atoms with Crippen molar-refractivity contribution in [3.05, 3.63) is 47.5 Å². The first-order valence-electron chi connectivity index (χ1n) is 6.10. The predicted octanol–water partition coefficient (Wildman–Crippen LogP) is 3.02. The summed E-state index contributed by atoms with van der Waals surface area (Å²) in [6.45, 7) is 0. The summed E-state index contributed by atoms with van der Waals surface area (Å²) in [7, 11) is 3.28. The van der Waals surface area contributed by atoms with E-state index in [1.807, 2.05) is 36.4 Å². The van der Waals surface area contributed by atoms with Crippen LogP contribution in [0.15, 0.2) is 36.4 Å². The van der Waals surface area contributed by atoms with Crippen molar-refractivity contribution in [1.82, 2.24) is 0 Å². The molecule has 0 saturated heterocycles. The monoisotopic (exact) mass is 254 g/mol. The maximum absolute atomic E-state index is 11.4. The normalized spacial score (nSPS) is 12.7. The lowest BCUT2D eigenvalue weighted by Gasteiger charge is -2.06. The molecule has 0 atom stereocenters. The fourth-order valence-electron chi connectivity index (χ4n) is 2.65. The van der Waals surface area contributed by atoms with Gasteiger partial charge in [0.05, 0.1) is 20.1 Å². The van der Waals surface area contributed by atoms with E-state index in [1.165, 1.54) is 0 Å². The molecule has 0 fully saturated rings. The summed E-state index contributed by atoms with van der Waals surface area (Å²) in [4.78, 5) is 11.4. The van der Waals surface area contributed by atoms with Gasteiger partial charge in [0.15, 0.2) is 0 Å². The number of carbonyl (C=O) groups is 1. The van der Waals surface area contributed by atoms with Crippen LogP contribution in [0, 0.1) is 0 Å². The Morgan fingerprint density at radius 1 is 0.895 bits per heavy atom. The molecule has 0 spiro atoms. The number of benzene rings is 2. The van der Waals surface area contributed by atoms with Crippen LogP contribution in [0.5, 0.6) is 11.5 Å². The van der Waals surface area contributed by atoms with Crippen molar-refractivity contribution in [2.75, 3.05) is 14.2 Å². The van der Waals surface area contributed by atoms with Crippen molar-refractivity contribution < 1.29 is 14.3 Å². The van der Waals surface area contributed by atoms with Crippen LogP contribution < -0.4 is 9.47 Å². The van der Waals surface area contributed by atoms with Crippen LogP contribution in [0.3, 0.4) is 0 Å². The minimum atomic E-state index is -0.193. The van der Waals surface area contributed by atoms with Crippen LogP contribution in [0.4, 0.5) is 0 Å². The third-order valence-corrected chi connectivity index (χ3v) is 3.62. The number of carbonyl (C=O) groups excluding carboxylic acids is 1. The zero-order valence-electron chi connectivity index (χ0n) is 10.8. The van der Waals surface area contributed by atoms with Crippen molar-refractivity contribution >= 4 is 6.29 Å². The highest BCUT2D eigenvalue weighted by Gasteiger charge is 2.28. The molecule has 2 aromatic rings. The third kappa shape index (κ3) is 1.70. The maximum atomic E-state index is 11.4. The molecule has 2 aromatic carbocycles. The van der Waals surface area contributed by atoms with Gasteiger partial charge in [-0.25, -0.2) is 0 Å². The molecular formula is C16H14O3. The van der Waals surface area contributed by atoms with E-state index >= 15 is 0 Å². The summed E-state index contributed by atoms with van der Waals surface area (Å²) in [5.74, 6) is 1.39. The summed E-state index contributed by atoms with van der Waals surface area (Å²) in [5, 5.41) is 0. The van der Waals surface area contributed by atoms with Gasteiger partial charge in [-0.1, -0.05) is 12.1 Å². The fraction of sp³-hybridized carbons (Fsp3) is 0.188. The standard InChI is InChI=1S/C16H14O3/c1-18-10-3-5-12-14(7-10)15-8-11(19-2)4-6-13(15)16(12)9-17/h3-9,16H,1-2H3. The van der Waals surface area contributed by atoms with E-state index in [0.29, 0.717) is 0 Å². The van der Waals surface area contributed by atoms with Crippen LogP contribution in [0.2, 0.25) is 0 Å². The molecular weight excluding hydrogens is 240 g/mol. The number of rotatable bonds is 3. The summed E-state index contributed by atoms with van der Waals surface area (Å²) in [6.07, 6.45) is 0.990. The Balaban J connectivity index is 2.25. The van der Waals surface area contributed by atoms with E-state index in [0.717, 1.165) is 40.0 Å². The van der Waals surface area contributed by atoms with Crippen LogP contribution in [-0.2, 0) is 4.79 Å². The summed E-state index contributed by atoms with van der Waals surface area (Å²) in [6, 6.07) is 11.6. The highest BCUT2D eigenvalue weighted by atomic mass is 16.5. The van der Waals surface area contributed by atoms with Gasteiger partial charge in [-0.15, -0.1) is 0 Å². The van der Waals surface area contributed by atoms with E-state index in [4.69, 9.17) is 9.47 Å². The second kappa shape index (κ2) is 4.43.